The lowest BCUT2D eigenvalue weighted by molar-refractivity contribution is -0.384. The topological polar surface area (TPSA) is 226 Å². The minimum Gasteiger partial charge on any atom is -0.463 e. The number of rotatable bonds is 15. The molecule has 2 saturated heterocycles. The number of ether oxygens (including phenoxy) is 9. The van der Waals surface area contributed by atoms with Gasteiger partial charge in [-0.15, -0.1) is 0 Å². The molecule has 2 aromatic rings. The van der Waals surface area contributed by atoms with Crippen molar-refractivity contribution >= 4 is 48.0 Å². The van der Waals surface area contributed by atoms with Crippen LogP contribution in [-0.4, -0.2) is 121 Å². The van der Waals surface area contributed by atoms with Crippen molar-refractivity contribution in [1.82, 2.24) is 0 Å². The summed E-state index contributed by atoms with van der Waals surface area (Å²) in [6, 6.07) is 17.5. The smallest absolute Gasteiger partial charge is 0.331 e. The molecule has 4 rings (SSSR count). The molecule has 17 nitrogen and oxygen atoms in total. The number of carbonyl (C=O) groups is 6. The predicted octanol–water partition coefficient (Wildman–Crippen LogP) is 1.42. The van der Waals surface area contributed by atoms with Gasteiger partial charge in [0.1, 0.15) is 44.2 Å². The van der Waals surface area contributed by atoms with Crippen LogP contribution in [0, 0.1) is 0 Å². The Hall–Kier alpha value is -5.46. The molecule has 0 spiro atoms. The quantitative estimate of drug-likeness (QED) is 0.148. The Bertz CT molecular complexity index is 1710. The van der Waals surface area contributed by atoms with E-state index in [1.165, 1.54) is 12.2 Å². The zero-order valence-corrected chi connectivity index (χ0v) is 30.3. The largest absolute Gasteiger partial charge is 0.463 e. The van der Waals surface area contributed by atoms with Crippen molar-refractivity contribution in [2.45, 2.75) is 82.5 Å². The first-order valence-corrected chi connectivity index (χ1v) is 17.0. The van der Waals surface area contributed by atoms with Crippen molar-refractivity contribution in [3.8, 4) is 0 Å². The fourth-order valence-corrected chi connectivity index (χ4v) is 5.60. The van der Waals surface area contributed by atoms with Crippen molar-refractivity contribution in [3.05, 3.63) is 83.9 Å². The Balaban J connectivity index is 1.71. The average molecular weight is 771 g/mol. The van der Waals surface area contributed by atoms with Crippen molar-refractivity contribution in [3.63, 3.8) is 0 Å². The summed E-state index contributed by atoms with van der Waals surface area (Å²) in [5.74, 6) is -7.86. The summed E-state index contributed by atoms with van der Waals surface area (Å²) < 4.78 is 50.1. The number of carbonyl (C=O) groups excluding carboxylic acids is 6. The highest BCUT2D eigenvalue weighted by Crippen LogP contribution is 2.40. The van der Waals surface area contributed by atoms with Crippen LogP contribution in [0.25, 0.3) is 12.2 Å². The molecule has 2 aliphatic rings. The number of aliphatic hydroxyl groups excluding tert-OH is 2. The molecule has 55 heavy (non-hydrogen) atoms. The van der Waals surface area contributed by atoms with E-state index >= 15 is 0 Å². The minimum atomic E-state index is -2.53. The Kier molecular flexibility index (Phi) is 15.2. The normalized spacial score (nSPS) is 27.6. The van der Waals surface area contributed by atoms with E-state index < -0.39 is 110 Å². The van der Waals surface area contributed by atoms with E-state index in [9.17, 15) is 39.0 Å². The summed E-state index contributed by atoms with van der Waals surface area (Å²) in [5, 5.41) is 23.0. The first kappa shape index (κ1) is 42.3. The first-order chi connectivity index (χ1) is 26.2. The molecular formula is C38H42O17. The standard InChI is InChI=1S/C38H42O17/c1-22(39)47-20-29-34(50-24(3)41)33(46)35(51-25(4)42)37(52-29)55-38(21-49-23(2)40)36(53-31(44)18-16-27-13-9-6-10-14-27)32(45)28(54-38)19-48-30(43)17-15-26-11-7-5-8-12-26/h5-18,28-29,32-37,45-46H,19-21H2,1-4H3/b17-15+,18-16-/t28-,29+,32-,33-,34+,35+,36-,37+,38+/m0/s1. The monoisotopic (exact) mass is 770 g/mol. The second kappa shape index (κ2) is 19.7. The van der Waals surface area contributed by atoms with E-state index in [4.69, 9.17) is 42.6 Å². The second-order valence-corrected chi connectivity index (χ2v) is 12.3. The molecule has 0 amide bonds. The van der Waals surface area contributed by atoms with Crippen LogP contribution in [0.3, 0.4) is 0 Å². The molecule has 0 saturated carbocycles. The molecule has 0 radical (unpaired) electrons. The number of esters is 6. The maximum absolute atomic E-state index is 13.3. The van der Waals surface area contributed by atoms with Crippen LogP contribution in [0.4, 0.5) is 0 Å². The maximum Gasteiger partial charge on any atom is 0.331 e. The molecule has 296 valence electrons. The average Bonchev–Trinajstić information content (AvgIpc) is 3.39. The van der Waals surface area contributed by atoms with Gasteiger partial charge in [0, 0.05) is 39.8 Å². The highest BCUT2D eigenvalue weighted by atomic mass is 16.8. The summed E-state index contributed by atoms with van der Waals surface area (Å²) in [5.41, 5.74) is 1.31. The zero-order chi connectivity index (χ0) is 40.1. The van der Waals surface area contributed by atoms with Crippen LogP contribution in [-0.2, 0) is 71.4 Å². The molecule has 2 N–H and O–H groups in total. The molecule has 0 aromatic heterocycles. The summed E-state index contributed by atoms with van der Waals surface area (Å²) in [4.78, 5) is 74.1. The van der Waals surface area contributed by atoms with E-state index in [0.717, 1.165) is 39.8 Å². The zero-order valence-electron chi connectivity index (χ0n) is 30.3. The molecule has 2 fully saturated rings. The van der Waals surface area contributed by atoms with Gasteiger partial charge in [0.2, 0.25) is 12.1 Å². The lowest BCUT2D eigenvalue weighted by atomic mass is 9.98. The third-order valence-corrected chi connectivity index (χ3v) is 8.00. The Morgan fingerprint density at radius 2 is 1.16 bits per heavy atom. The Morgan fingerprint density at radius 3 is 1.71 bits per heavy atom. The number of hydrogen-bond acceptors (Lipinski definition) is 17. The molecule has 17 heteroatoms. The maximum atomic E-state index is 13.3. The van der Waals surface area contributed by atoms with Gasteiger partial charge in [-0.2, -0.15) is 0 Å². The van der Waals surface area contributed by atoms with E-state index in [1.807, 2.05) is 0 Å². The highest BCUT2D eigenvalue weighted by Gasteiger charge is 2.63. The minimum absolute atomic E-state index is 0.602. The van der Waals surface area contributed by atoms with Crippen molar-refractivity contribution in [1.29, 1.82) is 0 Å². The van der Waals surface area contributed by atoms with Gasteiger partial charge in [-0.3, -0.25) is 19.2 Å². The lowest BCUT2D eigenvalue weighted by Gasteiger charge is -2.45. The van der Waals surface area contributed by atoms with Gasteiger partial charge in [0.25, 0.3) is 0 Å². The SMILES string of the molecule is CC(=O)OC[C@H]1O[C@H](O[C@@]2(COC(C)=O)O[C@@H](COC(=O)/C=C/c3ccccc3)[C@H](O)[C@@H]2OC(=O)/C=C\c2ccccc2)[C@H](OC(C)=O)[C@@H](O)[C@@H]1OC(C)=O. The molecule has 0 unspecified atom stereocenters. The fourth-order valence-electron chi connectivity index (χ4n) is 5.60. The lowest BCUT2D eigenvalue weighted by Crippen LogP contribution is -2.65. The molecule has 0 bridgehead atoms. The third-order valence-electron chi connectivity index (χ3n) is 8.00. The van der Waals surface area contributed by atoms with Crippen LogP contribution in [0.1, 0.15) is 38.8 Å². The summed E-state index contributed by atoms with van der Waals surface area (Å²) in [7, 11) is 0. The van der Waals surface area contributed by atoms with Gasteiger partial charge in [0.05, 0.1) is 0 Å². The van der Waals surface area contributed by atoms with Gasteiger partial charge < -0.3 is 52.8 Å². The van der Waals surface area contributed by atoms with Gasteiger partial charge in [-0.05, 0) is 23.3 Å². The van der Waals surface area contributed by atoms with Gasteiger partial charge in [-0.1, -0.05) is 60.7 Å². The van der Waals surface area contributed by atoms with Crippen LogP contribution < -0.4 is 0 Å². The highest BCUT2D eigenvalue weighted by molar-refractivity contribution is 5.87. The van der Waals surface area contributed by atoms with Crippen molar-refractivity contribution < 1.29 is 81.6 Å². The number of hydrogen-bond donors (Lipinski definition) is 2. The third kappa shape index (κ3) is 12.3. The molecular weight excluding hydrogens is 728 g/mol. The summed E-state index contributed by atoms with van der Waals surface area (Å²) in [6.07, 6.45) is -8.86. The summed E-state index contributed by atoms with van der Waals surface area (Å²) in [6.45, 7) is 2.01. The van der Waals surface area contributed by atoms with Crippen LogP contribution in [0.15, 0.2) is 72.8 Å². The van der Waals surface area contributed by atoms with Gasteiger partial charge >= 0.3 is 35.8 Å². The van der Waals surface area contributed by atoms with E-state index in [0.29, 0.717) is 11.1 Å². The molecule has 2 aromatic carbocycles. The molecule has 0 aliphatic carbocycles. The fraction of sp³-hybridized carbons (Fsp3) is 0.421. The van der Waals surface area contributed by atoms with E-state index in [2.05, 4.69) is 0 Å². The number of aliphatic hydroxyl groups is 2. The second-order valence-electron chi connectivity index (χ2n) is 12.3. The summed E-state index contributed by atoms with van der Waals surface area (Å²) >= 11 is 0. The van der Waals surface area contributed by atoms with Gasteiger partial charge in [-0.25, -0.2) is 9.59 Å². The van der Waals surface area contributed by atoms with E-state index in [-0.39, 0.29) is 0 Å². The van der Waals surface area contributed by atoms with E-state index in [1.54, 1.807) is 60.7 Å². The Labute approximate surface area is 315 Å². The van der Waals surface area contributed by atoms with Crippen molar-refractivity contribution in [2.75, 3.05) is 19.8 Å². The van der Waals surface area contributed by atoms with Crippen LogP contribution in [0.5, 0.6) is 0 Å². The van der Waals surface area contributed by atoms with Gasteiger partial charge in [0.15, 0.2) is 18.3 Å². The van der Waals surface area contributed by atoms with Crippen molar-refractivity contribution in [2.24, 2.45) is 0 Å². The molecule has 9 atom stereocenters. The predicted molar refractivity (Wildman–Crippen MR) is 186 cm³/mol. The first-order valence-electron chi connectivity index (χ1n) is 17.0. The number of benzene rings is 2. The molecule has 2 aliphatic heterocycles. The Morgan fingerprint density at radius 1 is 0.636 bits per heavy atom. The van der Waals surface area contributed by atoms with Crippen LogP contribution in [0.2, 0.25) is 0 Å². The van der Waals surface area contributed by atoms with Crippen LogP contribution >= 0.6 is 0 Å². The molecule has 2 heterocycles.